The normalized spacial score (nSPS) is 17.0. The molecule has 7 heteroatoms. The summed E-state index contributed by atoms with van der Waals surface area (Å²) < 4.78 is 11.7. The van der Waals surface area contributed by atoms with Crippen LogP contribution in [-0.4, -0.2) is 62.3 Å². The van der Waals surface area contributed by atoms with Gasteiger partial charge in [-0.3, -0.25) is 9.59 Å². The number of piperidine rings is 1. The van der Waals surface area contributed by atoms with Crippen LogP contribution in [0.1, 0.15) is 74.7 Å². The van der Waals surface area contributed by atoms with Crippen molar-refractivity contribution in [1.82, 2.24) is 4.90 Å². The molecule has 1 atom stereocenters. The molecule has 2 aromatic carbocycles. The molecule has 4 rings (SSSR count). The van der Waals surface area contributed by atoms with Crippen molar-refractivity contribution in [2.75, 3.05) is 45.3 Å². The zero-order valence-electron chi connectivity index (χ0n) is 24.1. The first kappa shape index (κ1) is 28.8. The number of carboxylic acid groups (broad SMARTS) is 1. The highest BCUT2D eigenvalue weighted by Crippen LogP contribution is 2.45. The fourth-order valence-corrected chi connectivity index (χ4v) is 5.70. The summed E-state index contributed by atoms with van der Waals surface area (Å²) in [6.07, 6.45) is 4.32. The third kappa shape index (κ3) is 7.90. The van der Waals surface area contributed by atoms with E-state index in [1.807, 2.05) is 54.4 Å². The van der Waals surface area contributed by atoms with Gasteiger partial charge in [0, 0.05) is 32.7 Å². The zero-order valence-corrected chi connectivity index (χ0v) is 24.1. The predicted octanol–water partition coefficient (Wildman–Crippen LogP) is 6.08. The summed E-state index contributed by atoms with van der Waals surface area (Å²) in [5.41, 5.74) is 2.72. The number of carbonyl (C=O) groups excluding carboxylic acids is 1. The van der Waals surface area contributed by atoms with Crippen LogP contribution >= 0.6 is 0 Å². The number of methoxy groups -OCH3 is 1. The highest BCUT2D eigenvalue weighted by atomic mass is 16.5. The third-order valence-corrected chi connectivity index (χ3v) is 7.81. The van der Waals surface area contributed by atoms with E-state index in [4.69, 9.17) is 9.47 Å². The second-order valence-corrected chi connectivity index (χ2v) is 12.5. The molecule has 0 aromatic heterocycles. The van der Waals surface area contributed by atoms with Crippen LogP contribution in [0.2, 0.25) is 0 Å². The van der Waals surface area contributed by atoms with Crippen molar-refractivity contribution in [3.8, 4) is 11.5 Å². The van der Waals surface area contributed by atoms with Gasteiger partial charge in [-0.15, -0.1) is 0 Å². The van der Waals surface area contributed by atoms with Gasteiger partial charge in [0.1, 0.15) is 11.5 Å². The second-order valence-electron chi connectivity index (χ2n) is 12.5. The molecule has 1 aliphatic heterocycles. The van der Waals surface area contributed by atoms with E-state index in [1.165, 1.54) is 0 Å². The zero-order chi connectivity index (χ0) is 28.2. The molecule has 0 spiro atoms. The quantitative estimate of drug-likeness (QED) is 0.375. The third-order valence-electron chi connectivity index (χ3n) is 7.81. The molecular weight excluding hydrogens is 492 g/mol. The van der Waals surface area contributed by atoms with Gasteiger partial charge in [-0.1, -0.05) is 32.9 Å². The predicted molar refractivity (Wildman–Crippen MR) is 154 cm³/mol. The van der Waals surface area contributed by atoms with Gasteiger partial charge in [0.2, 0.25) is 0 Å². The van der Waals surface area contributed by atoms with Crippen molar-refractivity contribution in [3.63, 3.8) is 0 Å². The minimum absolute atomic E-state index is 0.0178. The number of amides is 1. The summed E-state index contributed by atoms with van der Waals surface area (Å²) in [5.74, 6) is 1.80. The molecule has 39 heavy (non-hydrogen) atoms. The van der Waals surface area contributed by atoms with Crippen molar-refractivity contribution in [2.45, 2.75) is 58.8 Å². The van der Waals surface area contributed by atoms with E-state index in [1.54, 1.807) is 7.11 Å². The molecule has 1 aliphatic carbocycles. The summed E-state index contributed by atoms with van der Waals surface area (Å²) in [4.78, 5) is 28.9. The van der Waals surface area contributed by atoms with Crippen molar-refractivity contribution in [1.29, 1.82) is 0 Å². The van der Waals surface area contributed by atoms with E-state index in [-0.39, 0.29) is 23.7 Å². The first-order valence-electron chi connectivity index (χ1n) is 14.2. The van der Waals surface area contributed by atoms with E-state index in [0.717, 1.165) is 61.5 Å². The molecule has 1 unspecified atom stereocenters. The standard InChI is InChI=1S/C32H44N2O5/c1-32(2,3)21-33(4)31(37)27-12-11-25(38-5)18-29(27)34-15-13-22(14-16-34)20-39-26-8-6-7-24(17-26)28(19-30(35)36)23-9-10-23/h6-8,11-12,17-18,22-23,28H,9-10,13-16,19-21H2,1-5H3,(H,35,36). The fourth-order valence-electron chi connectivity index (χ4n) is 5.70. The molecule has 2 aromatic rings. The average Bonchev–Trinajstić information content (AvgIpc) is 3.74. The lowest BCUT2D eigenvalue weighted by atomic mass is 9.91. The number of benzene rings is 2. The largest absolute Gasteiger partial charge is 0.497 e. The number of anilines is 1. The Morgan fingerprint density at radius 1 is 1.05 bits per heavy atom. The lowest BCUT2D eigenvalue weighted by molar-refractivity contribution is -0.137. The summed E-state index contributed by atoms with van der Waals surface area (Å²) in [6, 6.07) is 13.7. The highest BCUT2D eigenvalue weighted by Gasteiger charge is 2.34. The molecule has 7 nitrogen and oxygen atoms in total. The number of aliphatic carboxylic acids is 1. The smallest absolute Gasteiger partial charge is 0.303 e. The number of nitrogens with zero attached hydrogens (tertiary/aromatic N) is 2. The van der Waals surface area contributed by atoms with E-state index in [9.17, 15) is 14.7 Å². The van der Waals surface area contributed by atoms with Crippen LogP contribution in [0.4, 0.5) is 5.69 Å². The number of carboxylic acids is 1. The summed E-state index contributed by atoms with van der Waals surface area (Å²) >= 11 is 0. The maximum atomic E-state index is 13.4. The molecule has 1 saturated heterocycles. The van der Waals surface area contributed by atoms with Gasteiger partial charge < -0.3 is 24.4 Å². The van der Waals surface area contributed by atoms with Crippen LogP contribution in [0.3, 0.4) is 0 Å². The maximum absolute atomic E-state index is 13.4. The molecule has 1 heterocycles. The van der Waals surface area contributed by atoms with Gasteiger partial charge in [0.05, 0.1) is 31.4 Å². The monoisotopic (exact) mass is 536 g/mol. The first-order chi connectivity index (χ1) is 18.5. The SMILES string of the molecule is COc1ccc(C(=O)N(C)CC(C)(C)C)c(N2CCC(COc3cccc(C(CC(=O)O)C4CC4)c3)CC2)c1. The Labute approximate surface area is 233 Å². The molecule has 2 aliphatic rings. The molecule has 1 saturated carbocycles. The van der Waals surface area contributed by atoms with Crippen LogP contribution < -0.4 is 14.4 Å². The molecule has 1 N–H and O–H groups in total. The fraction of sp³-hybridized carbons (Fsp3) is 0.562. The van der Waals surface area contributed by atoms with Gasteiger partial charge in [-0.2, -0.15) is 0 Å². The Kier molecular flexibility index (Phi) is 9.08. The molecule has 0 bridgehead atoms. The minimum Gasteiger partial charge on any atom is -0.497 e. The Morgan fingerprint density at radius 3 is 2.38 bits per heavy atom. The maximum Gasteiger partial charge on any atom is 0.303 e. The summed E-state index contributed by atoms with van der Waals surface area (Å²) in [5, 5.41) is 9.35. The van der Waals surface area contributed by atoms with E-state index >= 15 is 0 Å². The van der Waals surface area contributed by atoms with Crippen LogP contribution in [0.15, 0.2) is 42.5 Å². The van der Waals surface area contributed by atoms with Gasteiger partial charge >= 0.3 is 5.97 Å². The first-order valence-corrected chi connectivity index (χ1v) is 14.2. The van der Waals surface area contributed by atoms with Crippen LogP contribution in [-0.2, 0) is 4.79 Å². The van der Waals surface area contributed by atoms with Crippen LogP contribution in [0, 0.1) is 17.3 Å². The molecule has 2 fully saturated rings. The second kappa shape index (κ2) is 12.3. The van der Waals surface area contributed by atoms with Crippen molar-refractivity contribution in [3.05, 3.63) is 53.6 Å². The Bertz CT molecular complexity index is 1150. The van der Waals surface area contributed by atoms with Crippen molar-refractivity contribution >= 4 is 17.6 Å². The van der Waals surface area contributed by atoms with Crippen LogP contribution in [0.25, 0.3) is 0 Å². The summed E-state index contributed by atoms with van der Waals surface area (Å²) in [7, 11) is 3.52. The topological polar surface area (TPSA) is 79.3 Å². The average molecular weight is 537 g/mol. The number of hydrogen-bond donors (Lipinski definition) is 1. The number of carbonyl (C=O) groups is 2. The molecule has 212 valence electrons. The lowest BCUT2D eigenvalue weighted by Crippen LogP contribution is -2.38. The van der Waals surface area contributed by atoms with Gasteiger partial charge in [0.15, 0.2) is 0 Å². The molecular formula is C32H44N2O5. The van der Waals surface area contributed by atoms with E-state index in [2.05, 4.69) is 25.7 Å². The van der Waals surface area contributed by atoms with Gasteiger partial charge in [-0.05, 0) is 78.7 Å². The Hall–Kier alpha value is -3.22. The molecule has 0 radical (unpaired) electrons. The van der Waals surface area contributed by atoms with E-state index < -0.39 is 5.97 Å². The van der Waals surface area contributed by atoms with E-state index in [0.29, 0.717) is 30.6 Å². The lowest BCUT2D eigenvalue weighted by Gasteiger charge is -2.35. The number of ether oxygens (including phenoxy) is 2. The molecule has 1 amide bonds. The van der Waals surface area contributed by atoms with Crippen molar-refractivity contribution < 1.29 is 24.2 Å². The van der Waals surface area contributed by atoms with Gasteiger partial charge in [0.25, 0.3) is 5.91 Å². The Morgan fingerprint density at radius 2 is 1.77 bits per heavy atom. The summed E-state index contributed by atoms with van der Waals surface area (Å²) in [6.45, 7) is 9.39. The van der Waals surface area contributed by atoms with Crippen LogP contribution in [0.5, 0.6) is 11.5 Å². The van der Waals surface area contributed by atoms with Gasteiger partial charge in [-0.25, -0.2) is 0 Å². The number of rotatable bonds is 11. The highest BCUT2D eigenvalue weighted by molar-refractivity contribution is 6.00. The number of hydrogen-bond acceptors (Lipinski definition) is 5. The van der Waals surface area contributed by atoms with Crippen molar-refractivity contribution in [2.24, 2.45) is 17.3 Å². The minimum atomic E-state index is -0.744. The Balaban J connectivity index is 1.37.